The fourth-order valence-corrected chi connectivity index (χ4v) is 3.77. The van der Waals surface area contributed by atoms with Crippen molar-refractivity contribution in [3.8, 4) is 0 Å². The summed E-state index contributed by atoms with van der Waals surface area (Å²) < 4.78 is 41.4. The monoisotopic (exact) mass is 429 g/mol. The quantitative estimate of drug-likeness (QED) is 0.805. The maximum Gasteiger partial charge on any atom is 0.490 e. The predicted molar refractivity (Wildman–Crippen MR) is 101 cm³/mol. The number of aliphatic carboxylic acids is 1. The molecule has 0 spiro atoms. The molecule has 4 rings (SSSR count). The summed E-state index contributed by atoms with van der Waals surface area (Å²) in [6.45, 7) is 9.01. The Kier molecular flexibility index (Phi) is 6.81. The van der Waals surface area contributed by atoms with Crippen LogP contribution in [0.2, 0.25) is 0 Å². The Bertz CT molecular complexity index is 842. The number of hydrogen-bond donors (Lipinski definition) is 1. The molecule has 1 fully saturated rings. The molecule has 0 amide bonds. The molecule has 8 nitrogen and oxygen atoms in total. The van der Waals surface area contributed by atoms with Crippen LogP contribution in [0.5, 0.6) is 0 Å². The SMILES string of the molecule is CC(C)n1nc(Cn2cccn2)c2c1CN(C1CCOCC1)C2.O=C(O)C(F)(F)F. The van der Waals surface area contributed by atoms with E-state index in [1.54, 1.807) is 0 Å². The molecule has 0 radical (unpaired) electrons. The zero-order chi connectivity index (χ0) is 21.9. The van der Waals surface area contributed by atoms with E-state index in [-0.39, 0.29) is 0 Å². The van der Waals surface area contributed by atoms with Gasteiger partial charge in [0, 0.05) is 56.3 Å². The van der Waals surface area contributed by atoms with Crippen LogP contribution < -0.4 is 0 Å². The summed E-state index contributed by atoms with van der Waals surface area (Å²) in [5, 5.41) is 16.4. The number of rotatable bonds is 4. The molecule has 1 N–H and O–H groups in total. The molecule has 0 bridgehead atoms. The fourth-order valence-electron chi connectivity index (χ4n) is 3.77. The normalized spacial score (nSPS) is 17.7. The van der Waals surface area contributed by atoms with Crippen molar-refractivity contribution in [3.63, 3.8) is 0 Å². The van der Waals surface area contributed by atoms with E-state index < -0.39 is 12.1 Å². The van der Waals surface area contributed by atoms with Crippen LogP contribution in [-0.4, -0.2) is 61.0 Å². The first kappa shape index (κ1) is 22.3. The van der Waals surface area contributed by atoms with Gasteiger partial charge < -0.3 is 9.84 Å². The summed E-state index contributed by atoms with van der Waals surface area (Å²) in [5.41, 5.74) is 3.99. The van der Waals surface area contributed by atoms with E-state index >= 15 is 0 Å². The lowest BCUT2D eigenvalue weighted by molar-refractivity contribution is -0.192. The van der Waals surface area contributed by atoms with Crippen LogP contribution in [-0.2, 0) is 29.2 Å². The highest BCUT2D eigenvalue weighted by Crippen LogP contribution is 2.32. The average Bonchev–Trinajstić information content (AvgIpc) is 3.40. The van der Waals surface area contributed by atoms with Crippen LogP contribution in [0, 0.1) is 0 Å². The molecule has 1 saturated heterocycles. The smallest absolute Gasteiger partial charge is 0.475 e. The molecule has 0 atom stereocenters. The first-order valence-electron chi connectivity index (χ1n) is 9.85. The molecule has 2 aliphatic rings. The van der Waals surface area contributed by atoms with Crippen molar-refractivity contribution >= 4 is 5.97 Å². The van der Waals surface area contributed by atoms with Crippen LogP contribution in [0.15, 0.2) is 18.5 Å². The van der Waals surface area contributed by atoms with Gasteiger partial charge in [0.1, 0.15) is 0 Å². The highest BCUT2D eigenvalue weighted by molar-refractivity contribution is 5.73. The Labute approximate surface area is 172 Å². The van der Waals surface area contributed by atoms with E-state index in [0.29, 0.717) is 12.1 Å². The molecule has 166 valence electrons. The maximum atomic E-state index is 10.6. The van der Waals surface area contributed by atoms with Gasteiger partial charge in [-0.25, -0.2) is 4.79 Å². The van der Waals surface area contributed by atoms with E-state index in [2.05, 4.69) is 28.5 Å². The third-order valence-corrected chi connectivity index (χ3v) is 5.23. The van der Waals surface area contributed by atoms with Crippen LogP contribution in [0.1, 0.15) is 49.7 Å². The second-order valence-electron chi connectivity index (χ2n) is 7.67. The molecule has 0 saturated carbocycles. The first-order chi connectivity index (χ1) is 14.2. The summed E-state index contributed by atoms with van der Waals surface area (Å²) in [6, 6.07) is 3.01. The summed E-state index contributed by atoms with van der Waals surface area (Å²) in [7, 11) is 0. The van der Waals surface area contributed by atoms with Crippen LogP contribution in [0.25, 0.3) is 0 Å². The van der Waals surface area contributed by atoms with Gasteiger partial charge in [-0.05, 0) is 32.8 Å². The molecular formula is C19H26F3N5O3. The number of carboxylic acids is 1. The number of hydrogen-bond acceptors (Lipinski definition) is 5. The third kappa shape index (κ3) is 5.20. The van der Waals surface area contributed by atoms with Crippen molar-refractivity contribution < 1.29 is 27.8 Å². The lowest BCUT2D eigenvalue weighted by atomic mass is 10.1. The maximum absolute atomic E-state index is 10.6. The Morgan fingerprint density at radius 3 is 2.50 bits per heavy atom. The molecular weight excluding hydrogens is 403 g/mol. The van der Waals surface area contributed by atoms with Gasteiger partial charge >= 0.3 is 12.1 Å². The third-order valence-electron chi connectivity index (χ3n) is 5.23. The van der Waals surface area contributed by atoms with E-state index in [9.17, 15) is 13.2 Å². The highest BCUT2D eigenvalue weighted by atomic mass is 19.4. The molecule has 0 aromatic carbocycles. The Balaban J connectivity index is 0.000000318. The number of carboxylic acid groups (broad SMARTS) is 1. The molecule has 0 unspecified atom stereocenters. The zero-order valence-electron chi connectivity index (χ0n) is 17.0. The lowest BCUT2D eigenvalue weighted by Gasteiger charge is -2.31. The van der Waals surface area contributed by atoms with E-state index in [1.165, 1.54) is 17.0 Å². The lowest BCUT2D eigenvalue weighted by Crippen LogP contribution is -2.36. The minimum absolute atomic E-state index is 0.393. The number of carbonyl (C=O) groups is 1. The summed E-state index contributed by atoms with van der Waals surface area (Å²) in [4.78, 5) is 11.5. The number of nitrogens with zero attached hydrogens (tertiary/aromatic N) is 5. The van der Waals surface area contributed by atoms with Gasteiger partial charge in [-0.15, -0.1) is 0 Å². The Hall–Kier alpha value is -2.40. The van der Waals surface area contributed by atoms with Crippen molar-refractivity contribution in [1.29, 1.82) is 0 Å². The van der Waals surface area contributed by atoms with E-state index in [1.807, 2.05) is 23.1 Å². The van der Waals surface area contributed by atoms with Gasteiger partial charge in [0.25, 0.3) is 0 Å². The van der Waals surface area contributed by atoms with Crippen molar-refractivity contribution in [2.24, 2.45) is 0 Å². The Morgan fingerprint density at radius 2 is 1.97 bits per heavy atom. The topological polar surface area (TPSA) is 85.4 Å². The Morgan fingerprint density at radius 1 is 1.30 bits per heavy atom. The standard InChI is InChI=1S/C17H25N5O.C2HF3O2/c1-13(2)22-17-12-20(14-4-8-23-9-5-14)10-15(17)16(19-22)11-21-7-3-6-18-21;3-2(4,5)1(6)7/h3,6-7,13-14H,4-5,8-12H2,1-2H3;(H,6,7). The van der Waals surface area contributed by atoms with Crippen molar-refractivity contribution in [2.45, 2.75) is 64.6 Å². The summed E-state index contributed by atoms with van der Waals surface area (Å²) in [6.07, 6.45) is 1.04. The van der Waals surface area contributed by atoms with Crippen LogP contribution in [0.4, 0.5) is 13.2 Å². The van der Waals surface area contributed by atoms with E-state index in [0.717, 1.165) is 45.7 Å². The highest BCUT2D eigenvalue weighted by Gasteiger charge is 2.38. The number of halogens is 3. The predicted octanol–water partition coefficient (Wildman–Crippen LogP) is 2.84. The average molecular weight is 429 g/mol. The minimum Gasteiger partial charge on any atom is -0.475 e. The van der Waals surface area contributed by atoms with Gasteiger partial charge in [-0.2, -0.15) is 23.4 Å². The number of fused-ring (bicyclic) bond motifs is 1. The first-order valence-corrected chi connectivity index (χ1v) is 9.85. The van der Waals surface area contributed by atoms with Crippen molar-refractivity contribution in [2.75, 3.05) is 13.2 Å². The minimum atomic E-state index is -5.08. The summed E-state index contributed by atoms with van der Waals surface area (Å²) in [5.74, 6) is -2.76. The molecule has 0 aliphatic carbocycles. The number of alkyl halides is 3. The van der Waals surface area contributed by atoms with Crippen LogP contribution in [0.3, 0.4) is 0 Å². The van der Waals surface area contributed by atoms with Gasteiger partial charge in [-0.3, -0.25) is 14.3 Å². The molecule has 2 aliphatic heterocycles. The summed E-state index contributed by atoms with van der Waals surface area (Å²) >= 11 is 0. The van der Waals surface area contributed by atoms with Gasteiger partial charge in [0.2, 0.25) is 0 Å². The largest absolute Gasteiger partial charge is 0.490 e. The van der Waals surface area contributed by atoms with E-state index in [4.69, 9.17) is 19.7 Å². The fraction of sp³-hybridized carbons (Fsp3) is 0.632. The number of ether oxygens (including phenoxy) is 1. The molecule has 2 aromatic rings. The van der Waals surface area contributed by atoms with Crippen LogP contribution >= 0.6 is 0 Å². The second-order valence-corrected chi connectivity index (χ2v) is 7.67. The number of aromatic nitrogens is 4. The second kappa shape index (κ2) is 9.17. The van der Waals surface area contributed by atoms with Gasteiger partial charge in [0.15, 0.2) is 0 Å². The van der Waals surface area contributed by atoms with Gasteiger partial charge in [0.05, 0.1) is 17.9 Å². The van der Waals surface area contributed by atoms with Crippen molar-refractivity contribution in [1.82, 2.24) is 24.5 Å². The molecule has 4 heterocycles. The zero-order valence-corrected chi connectivity index (χ0v) is 17.0. The van der Waals surface area contributed by atoms with Crippen molar-refractivity contribution in [3.05, 3.63) is 35.4 Å². The molecule has 11 heteroatoms. The molecule has 2 aromatic heterocycles. The van der Waals surface area contributed by atoms with Gasteiger partial charge in [-0.1, -0.05) is 0 Å². The molecule has 30 heavy (non-hydrogen) atoms.